The van der Waals surface area contributed by atoms with E-state index in [-0.39, 0.29) is 0 Å². The first-order valence-electron chi connectivity index (χ1n) is 5.73. The topological polar surface area (TPSA) is 58.3 Å². The number of hydrogen-bond donors (Lipinski definition) is 1. The molecular weight excluding hydrogens is 282 g/mol. The first kappa shape index (κ1) is 12.6. The van der Waals surface area contributed by atoms with Gasteiger partial charge < -0.3 is 15.5 Å². The highest BCUT2D eigenvalue weighted by atomic mass is 79.9. The van der Waals surface area contributed by atoms with Crippen molar-refractivity contribution in [3.8, 4) is 0 Å². The second-order valence-electron chi connectivity index (χ2n) is 4.69. The van der Waals surface area contributed by atoms with E-state index in [1.807, 2.05) is 7.05 Å². The van der Waals surface area contributed by atoms with Crippen LogP contribution in [0.25, 0.3) is 0 Å². The number of anilines is 2. The maximum absolute atomic E-state index is 5.76. The minimum atomic E-state index is 0.491. The number of aromatic nitrogens is 2. The smallest absolute Gasteiger partial charge is 0.148 e. The van der Waals surface area contributed by atoms with Crippen molar-refractivity contribution in [3.63, 3.8) is 0 Å². The van der Waals surface area contributed by atoms with Gasteiger partial charge in [-0.25, -0.2) is 9.97 Å². The van der Waals surface area contributed by atoms with E-state index < -0.39 is 0 Å². The highest BCUT2D eigenvalue weighted by Crippen LogP contribution is 2.28. The monoisotopic (exact) mass is 299 g/mol. The molecule has 2 N–H and O–H groups in total. The van der Waals surface area contributed by atoms with E-state index in [0.29, 0.717) is 11.7 Å². The first-order chi connectivity index (χ1) is 8.08. The molecule has 1 aromatic heterocycles. The Hall–Kier alpha value is -0.880. The van der Waals surface area contributed by atoms with Crippen LogP contribution < -0.4 is 10.6 Å². The molecule has 94 valence electrons. The molecule has 0 amide bonds. The summed E-state index contributed by atoms with van der Waals surface area (Å²) in [6, 6.07) is 0. The fourth-order valence-electron chi connectivity index (χ4n) is 2.29. The summed E-state index contributed by atoms with van der Waals surface area (Å²) < 4.78 is 0.786. The molecule has 2 heterocycles. The van der Waals surface area contributed by atoms with E-state index >= 15 is 0 Å². The van der Waals surface area contributed by atoms with Gasteiger partial charge in [0.1, 0.15) is 22.4 Å². The molecular formula is C11H18BrN5. The third-order valence-corrected chi connectivity index (χ3v) is 3.94. The molecule has 5 nitrogen and oxygen atoms in total. The van der Waals surface area contributed by atoms with E-state index in [1.54, 1.807) is 0 Å². The zero-order valence-electron chi connectivity index (χ0n) is 10.2. The van der Waals surface area contributed by atoms with E-state index in [9.17, 15) is 0 Å². The number of rotatable bonds is 3. The van der Waals surface area contributed by atoms with Crippen LogP contribution in [-0.4, -0.2) is 48.6 Å². The van der Waals surface area contributed by atoms with Gasteiger partial charge in [0.25, 0.3) is 0 Å². The molecule has 2 rings (SSSR count). The Bertz CT molecular complexity index is 397. The van der Waals surface area contributed by atoms with Crippen LogP contribution in [0, 0.1) is 5.92 Å². The maximum Gasteiger partial charge on any atom is 0.148 e. The Morgan fingerprint density at radius 1 is 1.59 bits per heavy atom. The molecule has 1 aliphatic heterocycles. The number of hydrogen-bond acceptors (Lipinski definition) is 5. The van der Waals surface area contributed by atoms with Gasteiger partial charge in [-0.2, -0.15) is 0 Å². The number of halogens is 1. The van der Waals surface area contributed by atoms with Crippen molar-refractivity contribution in [1.82, 2.24) is 14.9 Å². The molecule has 1 atom stereocenters. The molecule has 0 aliphatic carbocycles. The van der Waals surface area contributed by atoms with E-state index in [4.69, 9.17) is 5.73 Å². The van der Waals surface area contributed by atoms with Gasteiger partial charge in [0.05, 0.1) is 0 Å². The average Bonchev–Trinajstić information content (AvgIpc) is 2.68. The summed E-state index contributed by atoms with van der Waals surface area (Å²) in [6.07, 6.45) is 2.76. The van der Waals surface area contributed by atoms with Gasteiger partial charge in [-0.05, 0) is 41.9 Å². The lowest BCUT2D eigenvalue weighted by molar-refractivity contribution is 0.395. The Morgan fingerprint density at radius 3 is 3.00 bits per heavy atom. The summed E-state index contributed by atoms with van der Waals surface area (Å²) in [6.45, 7) is 3.34. The fraction of sp³-hybridized carbons (Fsp3) is 0.636. The highest BCUT2D eigenvalue weighted by molar-refractivity contribution is 9.10. The second-order valence-corrected chi connectivity index (χ2v) is 5.49. The number of nitrogen functional groups attached to an aromatic ring is 1. The van der Waals surface area contributed by atoms with Crippen molar-refractivity contribution in [2.75, 3.05) is 44.4 Å². The number of likely N-dealkylation sites (tertiary alicyclic amines) is 1. The largest absolute Gasteiger partial charge is 0.383 e. The zero-order valence-corrected chi connectivity index (χ0v) is 11.8. The van der Waals surface area contributed by atoms with Gasteiger partial charge in [0.2, 0.25) is 0 Å². The summed E-state index contributed by atoms with van der Waals surface area (Å²) in [5.74, 6) is 2.06. The predicted molar refractivity (Wildman–Crippen MR) is 73.0 cm³/mol. The van der Waals surface area contributed by atoms with Gasteiger partial charge >= 0.3 is 0 Å². The molecule has 0 aromatic carbocycles. The molecule has 0 saturated carbocycles. The third kappa shape index (κ3) is 2.87. The zero-order chi connectivity index (χ0) is 12.4. The Balaban J connectivity index is 2.04. The molecule has 1 unspecified atom stereocenters. The van der Waals surface area contributed by atoms with Crippen molar-refractivity contribution in [2.45, 2.75) is 6.42 Å². The fourth-order valence-corrected chi connectivity index (χ4v) is 2.80. The number of nitrogens with zero attached hydrogens (tertiary/aromatic N) is 4. The minimum absolute atomic E-state index is 0.491. The molecule has 0 spiro atoms. The van der Waals surface area contributed by atoms with Crippen LogP contribution in [0.4, 0.5) is 11.6 Å². The van der Waals surface area contributed by atoms with Crippen molar-refractivity contribution >= 4 is 27.6 Å². The quantitative estimate of drug-likeness (QED) is 0.909. The summed E-state index contributed by atoms with van der Waals surface area (Å²) in [5.41, 5.74) is 5.76. The van der Waals surface area contributed by atoms with Crippen LogP contribution in [0.3, 0.4) is 0 Å². The van der Waals surface area contributed by atoms with Gasteiger partial charge in [0.15, 0.2) is 0 Å². The molecule has 0 radical (unpaired) electrons. The predicted octanol–water partition coefficient (Wildman–Crippen LogP) is 1.21. The molecule has 1 aliphatic rings. The lowest BCUT2D eigenvalue weighted by Crippen LogP contribution is -2.28. The van der Waals surface area contributed by atoms with Crippen LogP contribution in [0.1, 0.15) is 6.42 Å². The van der Waals surface area contributed by atoms with Crippen molar-refractivity contribution in [2.24, 2.45) is 5.92 Å². The normalized spacial score (nSPS) is 20.8. The molecule has 1 fully saturated rings. The summed E-state index contributed by atoms with van der Waals surface area (Å²) in [7, 11) is 4.21. The summed E-state index contributed by atoms with van der Waals surface area (Å²) in [4.78, 5) is 12.7. The van der Waals surface area contributed by atoms with Crippen molar-refractivity contribution < 1.29 is 0 Å². The lowest BCUT2D eigenvalue weighted by atomic mass is 10.1. The highest BCUT2D eigenvalue weighted by Gasteiger charge is 2.22. The van der Waals surface area contributed by atoms with Crippen LogP contribution in [0.2, 0.25) is 0 Å². The SMILES string of the molecule is CN1CCC(CN(C)c2ncnc(N)c2Br)C1. The van der Waals surface area contributed by atoms with Crippen LogP contribution in [0.15, 0.2) is 10.8 Å². The van der Waals surface area contributed by atoms with Gasteiger partial charge in [0, 0.05) is 20.1 Å². The third-order valence-electron chi connectivity index (χ3n) is 3.18. The molecule has 6 heteroatoms. The maximum atomic E-state index is 5.76. The van der Waals surface area contributed by atoms with E-state index in [2.05, 4.69) is 42.7 Å². The Kier molecular flexibility index (Phi) is 3.83. The standard InChI is InChI=1S/C11H18BrN5/c1-16-4-3-8(5-16)6-17(2)11-9(12)10(13)14-7-15-11/h7-8H,3-6H2,1-2H3,(H2,13,14,15). The molecule has 1 aromatic rings. The average molecular weight is 300 g/mol. The molecule has 1 saturated heterocycles. The summed E-state index contributed by atoms with van der Waals surface area (Å²) in [5, 5.41) is 0. The molecule has 0 bridgehead atoms. The van der Waals surface area contributed by atoms with E-state index in [1.165, 1.54) is 19.3 Å². The summed E-state index contributed by atoms with van der Waals surface area (Å²) >= 11 is 3.44. The lowest BCUT2D eigenvalue weighted by Gasteiger charge is -2.23. The first-order valence-corrected chi connectivity index (χ1v) is 6.53. The van der Waals surface area contributed by atoms with Crippen molar-refractivity contribution in [3.05, 3.63) is 10.8 Å². The minimum Gasteiger partial charge on any atom is -0.383 e. The van der Waals surface area contributed by atoms with Crippen LogP contribution in [0.5, 0.6) is 0 Å². The van der Waals surface area contributed by atoms with Gasteiger partial charge in [-0.1, -0.05) is 0 Å². The van der Waals surface area contributed by atoms with E-state index in [0.717, 1.165) is 23.4 Å². The van der Waals surface area contributed by atoms with Crippen LogP contribution >= 0.6 is 15.9 Å². The van der Waals surface area contributed by atoms with Crippen molar-refractivity contribution in [1.29, 1.82) is 0 Å². The van der Waals surface area contributed by atoms with Gasteiger partial charge in [-0.15, -0.1) is 0 Å². The van der Waals surface area contributed by atoms with Crippen LogP contribution in [-0.2, 0) is 0 Å². The Labute approximate surface area is 110 Å². The van der Waals surface area contributed by atoms with Gasteiger partial charge in [-0.3, -0.25) is 0 Å². The number of nitrogens with two attached hydrogens (primary N) is 1. The second kappa shape index (κ2) is 5.18. The molecule has 17 heavy (non-hydrogen) atoms. The Morgan fingerprint density at radius 2 is 2.35 bits per heavy atom.